The summed E-state index contributed by atoms with van der Waals surface area (Å²) < 4.78 is 5.21. The number of amides is 1. The van der Waals surface area contributed by atoms with Crippen LogP contribution >= 0.6 is 12.2 Å². The van der Waals surface area contributed by atoms with Gasteiger partial charge in [-0.15, -0.1) is 0 Å². The van der Waals surface area contributed by atoms with Gasteiger partial charge < -0.3 is 21.1 Å². The molecule has 1 aliphatic carbocycles. The molecular formula is C13H25N3O2S. The van der Waals surface area contributed by atoms with Crippen molar-refractivity contribution in [2.45, 2.75) is 58.1 Å². The van der Waals surface area contributed by atoms with E-state index in [1.54, 1.807) is 0 Å². The molecule has 0 aromatic rings. The van der Waals surface area contributed by atoms with Gasteiger partial charge in [0.25, 0.3) is 0 Å². The molecule has 0 aliphatic heterocycles. The second-order valence-electron chi connectivity index (χ2n) is 6.11. The Bertz CT molecular complexity index is 320. The number of hydrogen-bond acceptors (Lipinski definition) is 3. The first kappa shape index (κ1) is 16.0. The van der Waals surface area contributed by atoms with Crippen LogP contribution < -0.4 is 16.4 Å². The third kappa shape index (κ3) is 7.20. The molecule has 0 saturated heterocycles. The number of alkyl carbamates (subject to hydrolysis) is 1. The van der Waals surface area contributed by atoms with Gasteiger partial charge in [0.15, 0.2) is 5.11 Å². The highest BCUT2D eigenvalue weighted by molar-refractivity contribution is 7.80. The quantitative estimate of drug-likeness (QED) is 0.691. The monoisotopic (exact) mass is 287 g/mol. The van der Waals surface area contributed by atoms with E-state index in [4.69, 9.17) is 22.7 Å². The largest absolute Gasteiger partial charge is 0.444 e. The average molecular weight is 287 g/mol. The molecule has 0 radical (unpaired) electrons. The normalized spacial score (nSPS) is 23.5. The molecule has 0 aromatic carbocycles. The van der Waals surface area contributed by atoms with Crippen molar-refractivity contribution in [2.24, 2.45) is 11.7 Å². The maximum absolute atomic E-state index is 11.5. The number of rotatable bonds is 3. The SMILES string of the molecule is CC(C)(C)OC(=O)NCC1CCC(NC(N)=S)CC1. The van der Waals surface area contributed by atoms with Crippen molar-refractivity contribution in [1.29, 1.82) is 0 Å². The van der Waals surface area contributed by atoms with E-state index in [-0.39, 0.29) is 6.09 Å². The molecule has 19 heavy (non-hydrogen) atoms. The van der Waals surface area contributed by atoms with Gasteiger partial charge in [-0.1, -0.05) is 0 Å². The van der Waals surface area contributed by atoms with E-state index in [0.29, 0.717) is 23.6 Å². The number of nitrogens with one attached hydrogen (secondary N) is 2. The van der Waals surface area contributed by atoms with Gasteiger partial charge in [-0.3, -0.25) is 0 Å². The smallest absolute Gasteiger partial charge is 0.407 e. The van der Waals surface area contributed by atoms with Crippen molar-refractivity contribution in [1.82, 2.24) is 10.6 Å². The number of thiocarbonyl (C=S) groups is 1. The molecule has 1 fully saturated rings. The van der Waals surface area contributed by atoms with Gasteiger partial charge >= 0.3 is 6.09 Å². The molecular weight excluding hydrogens is 262 g/mol. The first-order valence-corrected chi connectivity index (χ1v) is 7.20. The molecule has 0 spiro atoms. The van der Waals surface area contributed by atoms with E-state index in [1.807, 2.05) is 20.8 Å². The van der Waals surface area contributed by atoms with Crippen molar-refractivity contribution in [2.75, 3.05) is 6.54 Å². The van der Waals surface area contributed by atoms with Gasteiger partial charge in [0.05, 0.1) is 0 Å². The molecule has 0 aromatic heterocycles. The number of nitrogens with two attached hydrogens (primary N) is 1. The Kier molecular flexibility index (Phi) is 5.85. The Balaban J connectivity index is 2.19. The van der Waals surface area contributed by atoms with Gasteiger partial charge in [0, 0.05) is 12.6 Å². The van der Waals surface area contributed by atoms with Crippen LogP contribution in [-0.2, 0) is 4.74 Å². The number of hydrogen-bond donors (Lipinski definition) is 3. The molecule has 0 heterocycles. The van der Waals surface area contributed by atoms with E-state index in [9.17, 15) is 4.79 Å². The van der Waals surface area contributed by atoms with E-state index in [0.717, 1.165) is 25.7 Å². The van der Waals surface area contributed by atoms with Crippen LogP contribution in [0.5, 0.6) is 0 Å². The van der Waals surface area contributed by atoms with Crippen LogP contribution in [0.1, 0.15) is 46.5 Å². The lowest BCUT2D eigenvalue weighted by Crippen LogP contribution is -2.42. The highest BCUT2D eigenvalue weighted by Gasteiger charge is 2.22. The first-order chi connectivity index (χ1) is 8.76. The van der Waals surface area contributed by atoms with Crippen molar-refractivity contribution in [3.63, 3.8) is 0 Å². The number of ether oxygens (including phenoxy) is 1. The summed E-state index contributed by atoms with van der Waals surface area (Å²) in [5.41, 5.74) is 5.02. The molecule has 5 nitrogen and oxygen atoms in total. The minimum atomic E-state index is -0.442. The van der Waals surface area contributed by atoms with E-state index in [2.05, 4.69) is 10.6 Å². The summed E-state index contributed by atoms with van der Waals surface area (Å²) in [4.78, 5) is 11.5. The minimum Gasteiger partial charge on any atom is -0.444 e. The molecule has 1 amide bonds. The Hall–Kier alpha value is -1.04. The van der Waals surface area contributed by atoms with Gasteiger partial charge in [0.2, 0.25) is 0 Å². The van der Waals surface area contributed by atoms with Gasteiger partial charge in [-0.25, -0.2) is 4.79 Å². The highest BCUT2D eigenvalue weighted by atomic mass is 32.1. The Labute approximate surface area is 120 Å². The third-order valence-electron chi connectivity index (χ3n) is 3.13. The predicted molar refractivity (Wildman–Crippen MR) is 79.9 cm³/mol. The van der Waals surface area contributed by atoms with Crippen molar-refractivity contribution in [3.8, 4) is 0 Å². The maximum atomic E-state index is 11.5. The standard InChI is InChI=1S/C13H25N3O2S/c1-13(2,3)18-12(17)15-8-9-4-6-10(7-5-9)16-11(14)19/h9-10H,4-8H2,1-3H3,(H,15,17)(H3,14,16,19). The summed E-state index contributed by atoms with van der Waals surface area (Å²) in [6.07, 6.45) is 3.87. The maximum Gasteiger partial charge on any atom is 0.407 e. The fraction of sp³-hybridized carbons (Fsp3) is 0.846. The fourth-order valence-corrected chi connectivity index (χ4v) is 2.42. The molecule has 110 valence electrons. The van der Waals surface area contributed by atoms with Crippen LogP contribution in [0, 0.1) is 5.92 Å². The Morgan fingerprint density at radius 1 is 1.32 bits per heavy atom. The lowest BCUT2D eigenvalue weighted by Gasteiger charge is -2.29. The topological polar surface area (TPSA) is 76.4 Å². The minimum absolute atomic E-state index is 0.337. The molecule has 0 atom stereocenters. The van der Waals surface area contributed by atoms with Crippen LogP contribution in [0.3, 0.4) is 0 Å². The van der Waals surface area contributed by atoms with Gasteiger partial charge in [0.1, 0.15) is 5.60 Å². The van der Waals surface area contributed by atoms with Crippen LogP contribution in [-0.4, -0.2) is 29.4 Å². The summed E-state index contributed by atoms with van der Waals surface area (Å²) in [7, 11) is 0. The first-order valence-electron chi connectivity index (χ1n) is 6.79. The molecule has 1 aliphatic rings. The molecule has 6 heteroatoms. The summed E-state index contributed by atoms with van der Waals surface area (Å²) >= 11 is 4.83. The molecule has 1 saturated carbocycles. The zero-order chi connectivity index (χ0) is 14.5. The second-order valence-corrected chi connectivity index (χ2v) is 6.55. The van der Waals surface area contributed by atoms with Crippen LogP contribution in [0.15, 0.2) is 0 Å². The van der Waals surface area contributed by atoms with Gasteiger partial charge in [-0.05, 0) is 64.6 Å². The summed E-state index contributed by atoms with van der Waals surface area (Å²) in [5, 5.41) is 6.30. The van der Waals surface area contributed by atoms with Crippen LogP contribution in [0.2, 0.25) is 0 Å². The van der Waals surface area contributed by atoms with Crippen molar-refractivity contribution >= 4 is 23.4 Å². The van der Waals surface area contributed by atoms with E-state index >= 15 is 0 Å². The Morgan fingerprint density at radius 2 is 1.89 bits per heavy atom. The summed E-state index contributed by atoms with van der Waals surface area (Å²) in [5.74, 6) is 0.511. The lowest BCUT2D eigenvalue weighted by molar-refractivity contribution is 0.0514. The van der Waals surface area contributed by atoms with Gasteiger partial charge in [-0.2, -0.15) is 0 Å². The summed E-state index contributed by atoms with van der Waals surface area (Å²) in [6, 6.07) is 0.385. The van der Waals surface area contributed by atoms with E-state index in [1.165, 1.54) is 0 Å². The molecule has 0 bridgehead atoms. The average Bonchev–Trinajstić information content (AvgIpc) is 2.25. The third-order valence-corrected chi connectivity index (χ3v) is 3.24. The highest BCUT2D eigenvalue weighted by Crippen LogP contribution is 2.23. The zero-order valence-electron chi connectivity index (χ0n) is 12.0. The zero-order valence-corrected chi connectivity index (χ0v) is 12.8. The van der Waals surface area contributed by atoms with E-state index < -0.39 is 5.60 Å². The van der Waals surface area contributed by atoms with Crippen LogP contribution in [0.4, 0.5) is 4.79 Å². The lowest BCUT2D eigenvalue weighted by atomic mass is 9.86. The van der Waals surface area contributed by atoms with Crippen molar-refractivity contribution < 1.29 is 9.53 Å². The summed E-state index contributed by atoms with van der Waals surface area (Å²) in [6.45, 7) is 6.26. The molecule has 1 rings (SSSR count). The van der Waals surface area contributed by atoms with Crippen molar-refractivity contribution in [3.05, 3.63) is 0 Å². The predicted octanol–water partition coefficient (Wildman–Crippen LogP) is 1.90. The fourth-order valence-electron chi connectivity index (χ4n) is 2.25. The van der Waals surface area contributed by atoms with Crippen LogP contribution in [0.25, 0.3) is 0 Å². The second kappa shape index (κ2) is 6.93. The Morgan fingerprint density at radius 3 is 2.37 bits per heavy atom. The molecule has 0 unspecified atom stereocenters. The number of carbonyl (C=O) groups is 1. The molecule has 4 N–H and O–H groups in total. The number of carbonyl (C=O) groups excluding carboxylic acids is 1.